The average Bonchev–Trinajstić information content (AvgIpc) is 2.52. The fourth-order valence-electron chi connectivity index (χ4n) is 2.21. The molecule has 0 atom stereocenters. The predicted octanol–water partition coefficient (Wildman–Crippen LogP) is 5.35. The molecule has 0 aliphatic carbocycles. The van der Waals surface area contributed by atoms with Crippen molar-refractivity contribution in [3.8, 4) is 11.8 Å². The summed E-state index contributed by atoms with van der Waals surface area (Å²) in [6.07, 6.45) is 6.25. The van der Waals surface area contributed by atoms with Crippen molar-refractivity contribution in [2.45, 2.75) is 39.0 Å². The molecule has 0 bridgehead atoms. The van der Waals surface area contributed by atoms with Gasteiger partial charge in [-0.3, -0.25) is 0 Å². The molecule has 0 aromatic heterocycles. The molecule has 2 aromatic rings. The van der Waals surface area contributed by atoms with E-state index in [0.717, 1.165) is 12.0 Å². The third kappa shape index (κ3) is 5.08. The summed E-state index contributed by atoms with van der Waals surface area (Å²) >= 11 is 0. The molecule has 0 radical (unpaired) electrons. The van der Waals surface area contributed by atoms with Crippen LogP contribution in [0.5, 0.6) is 0 Å². The minimum absolute atomic E-state index is 0.266. The van der Waals surface area contributed by atoms with E-state index in [1.165, 1.54) is 37.3 Å². The molecule has 0 amide bonds. The number of unbranched alkanes of at least 4 members (excludes halogenated alkanes) is 3. The fraction of sp³-hybridized carbons (Fsp3) is 0.300. The smallest absolute Gasteiger partial charge is 0.138 e. The number of aryl methyl sites for hydroxylation is 1. The van der Waals surface area contributed by atoms with Crippen molar-refractivity contribution < 1.29 is 4.39 Å². The van der Waals surface area contributed by atoms with Gasteiger partial charge in [0.25, 0.3) is 0 Å². The zero-order valence-corrected chi connectivity index (χ0v) is 12.5. The topological polar surface area (TPSA) is 0 Å². The van der Waals surface area contributed by atoms with Crippen LogP contribution in [0.15, 0.2) is 48.5 Å². The Balaban J connectivity index is 1.95. The van der Waals surface area contributed by atoms with Crippen LogP contribution in [0.25, 0.3) is 0 Å². The van der Waals surface area contributed by atoms with E-state index in [1.54, 1.807) is 18.2 Å². The molecule has 0 fully saturated rings. The molecule has 0 nitrogen and oxygen atoms in total. The molecule has 1 heteroatoms. The molecule has 108 valence electrons. The Morgan fingerprint density at radius 2 is 1.62 bits per heavy atom. The largest absolute Gasteiger partial charge is 0.206 e. The molecule has 0 spiro atoms. The summed E-state index contributed by atoms with van der Waals surface area (Å²) in [6, 6.07) is 14.9. The number of hydrogen-bond donors (Lipinski definition) is 0. The number of rotatable bonds is 5. The SMILES string of the molecule is CCCCCCc1ccc(C#Cc2ccccc2F)cc1. The first-order valence-electron chi connectivity index (χ1n) is 7.65. The summed E-state index contributed by atoms with van der Waals surface area (Å²) in [7, 11) is 0. The third-order valence-corrected chi connectivity index (χ3v) is 3.49. The molecule has 0 aliphatic heterocycles. The third-order valence-electron chi connectivity index (χ3n) is 3.49. The molecule has 2 aromatic carbocycles. The zero-order chi connectivity index (χ0) is 14.9. The molecule has 0 aliphatic rings. The van der Waals surface area contributed by atoms with Gasteiger partial charge in [0.15, 0.2) is 0 Å². The van der Waals surface area contributed by atoms with Gasteiger partial charge < -0.3 is 0 Å². The van der Waals surface area contributed by atoms with Crippen molar-refractivity contribution in [1.82, 2.24) is 0 Å². The summed E-state index contributed by atoms with van der Waals surface area (Å²) in [5, 5.41) is 0. The van der Waals surface area contributed by atoms with Crippen LogP contribution in [-0.2, 0) is 6.42 Å². The lowest BCUT2D eigenvalue weighted by Crippen LogP contribution is -1.86. The summed E-state index contributed by atoms with van der Waals surface area (Å²) in [5.74, 6) is 5.63. The maximum Gasteiger partial charge on any atom is 0.138 e. The van der Waals surface area contributed by atoms with Crippen molar-refractivity contribution in [2.75, 3.05) is 0 Å². The van der Waals surface area contributed by atoms with E-state index in [1.807, 2.05) is 12.1 Å². The summed E-state index contributed by atoms with van der Waals surface area (Å²) in [4.78, 5) is 0. The molecule has 0 saturated heterocycles. The Kier molecular flexibility index (Phi) is 6.03. The minimum atomic E-state index is -0.266. The van der Waals surface area contributed by atoms with Crippen LogP contribution in [0.1, 0.15) is 49.3 Å². The maximum absolute atomic E-state index is 13.5. The Morgan fingerprint density at radius 1 is 0.857 bits per heavy atom. The maximum atomic E-state index is 13.5. The lowest BCUT2D eigenvalue weighted by molar-refractivity contribution is 0.624. The van der Waals surface area contributed by atoms with Crippen LogP contribution in [0.4, 0.5) is 4.39 Å². The van der Waals surface area contributed by atoms with Gasteiger partial charge in [-0.1, -0.05) is 62.3 Å². The molecular formula is C20H21F. The van der Waals surface area contributed by atoms with Gasteiger partial charge in [0.2, 0.25) is 0 Å². The second-order valence-electron chi connectivity index (χ2n) is 5.24. The molecule has 21 heavy (non-hydrogen) atoms. The normalized spacial score (nSPS) is 10.0. The minimum Gasteiger partial charge on any atom is -0.206 e. The lowest BCUT2D eigenvalue weighted by atomic mass is 10.0. The van der Waals surface area contributed by atoms with Crippen molar-refractivity contribution in [3.63, 3.8) is 0 Å². The highest BCUT2D eigenvalue weighted by atomic mass is 19.1. The number of benzene rings is 2. The standard InChI is InChI=1S/C20H21F/c1-2-3-4-5-8-17-11-13-18(14-12-17)15-16-19-9-6-7-10-20(19)21/h6-7,9-14H,2-5,8H2,1H3. The molecular weight excluding hydrogens is 259 g/mol. The molecule has 2 rings (SSSR count). The predicted molar refractivity (Wildman–Crippen MR) is 86.7 cm³/mol. The molecule has 0 heterocycles. The monoisotopic (exact) mass is 280 g/mol. The highest BCUT2D eigenvalue weighted by Gasteiger charge is 1.96. The first kappa shape index (κ1) is 15.3. The quantitative estimate of drug-likeness (QED) is 0.511. The number of hydrogen-bond acceptors (Lipinski definition) is 0. The lowest BCUT2D eigenvalue weighted by Gasteiger charge is -2.01. The van der Waals surface area contributed by atoms with Gasteiger partial charge in [0, 0.05) is 5.56 Å². The molecule has 0 saturated carbocycles. The summed E-state index contributed by atoms with van der Waals surface area (Å²) < 4.78 is 13.5. The van der Waals surface area contributed by atoms with Crippen molar-refractivity contribution in [3.05, 3.63) is 71.0 Å². The van der Waals surface area contributed by atoms with Crippen LogP contribution in [0.2, 0.25) is 0 Å². The van der Waals surface area contributed by atoms with Crippen LogP contribution < -0.4 is 0 Å². The summed E-state index contributed by atoms with van der Waals surface area (Å²) in [6.45, 7) is 2.23. The molecule has 0 unspecified atom stereocenters. The van der Waals surface area contributed by atoms with Gasteiger partial charge in [-0.05, 0) is 42.7 Å². The van der Waals surface area contributed by atoms with Crippen LogP contribution in [0, 0.1) is 17.7 Å². The van der Waals surface area contributed by atoms with Crippen molar-refractivity contribution >= 4 is 0 Å². The summed E-state index contributed by atoms with van der Waals surface area (Å²) in [5.41, 5.74) is 2.72. The Labute approximate surface area is 127 Å². The van der Waals surface area contributed by atoms with Gasteiger partial charge in [-0.25, -0.2) is 4.39 Å². The second kappa shape index (κ2) is 8.27. The average molecular weight is 280 g/mol. The van der Waals surface area contributed by atoms with E-state index in [2.05, 4.69) is 30.9 Å². The van der Waals surface area contributed by atoms with Crippen LogP contribution in [-0.4, -0.2) is 0 Å². The van der Waals surface area contributed by atoms with E-state index in [4.69, 9.17) is 0 Å². The fourth-order valence-corrected chi connectivity index (χ4v) is 2.21. The van der Waals surface area contributed by atoms with E-state index < -0.39 is 0 Å². The van der Waals surface area contributed by atoms with E-state index in [9.17, 15) is 4.39 Å². The first-order chi connectivity index (χ1) is 10.3. The first-order valence-corrected chi connectivity index (χ1v) is 7.65. The van der Waals surface area contributed by atoms with Gasteiger partial charge in [-0.15, -0.1) is 0 Å². The van der Waals surface area contributed by atoms with Crippen LogP contribution in [0.3, 0.4) is 0 Å². The Morgan fingerprint density at radius 3 is 2.33 bits per heavy atom. The number of halogens is 1. The van der Waals surface area contributed by atoms with E-state index in [-0.39, 0.29) is 5.82 Å². The van der Waals surface area contributed by atoms with E-state index in [0.29, 0.717) is 5.56 Å². The van der Waals surface area contributed by atoms with Gasteiger partial charge in [0.05, 0.1) is 5.56 Å². The van der Waals surface area contributed by atoms with E-state index >= 15 is 0 Å². The van der Waals surface area contributed by atoms with Gasteiger partial charge in [-0.2, -0.15) is 0 Å². The highest BCUT2D eigenvalue weighted by Crippen LogP contribution is 2.10. The Bertz CT molecular complexity index is 614. The van der Waals surface area contributed by atoms with Crippen LogP contribution >= 0.6 is 0 Å². The Hall–Kier alpha value is -2.07. The van der Waals surface area contributed by atoms with Gasteiger partial charge >= 0.3 is 0 Å². The highest BCUT2D eigenvalue weighted by molar-refractivity contribution is 5.43. The second-order valence-corrected chi connectivity index (χ2v) is 5.24. The zero-order valence-electron chi connectivity index (χ0n) is 12.5. The van der Waals surface area contributed by atoms with Crippen molar-refractivity contribution in [1.29, 1.82) is 0 Å². The van der Waals surface area contributed by atoms with Crippen molar-refractivity contribution in [2.24, 2.45) is 0 Å². The van der Waals surface area contributed by atoms with Gasteiger partial charge in [0.1, 0.15) is 5.82 Å². The molecule has 0 N–H and O–H groups in total.